The largest absolute Gasteiger partial charge is 0.376 e. The number of halogens is 3. The maximum atomic E-state index is 6.21. The molecule has 0 aliphatic carbocycles. The fourth-order valence-corrected chi connectivity index (χ4v) is 2.82. The lowest BCUT2D eigenvalue weighted by Gasteiger charge is -2.17. The van der Waals surface area contributed by atoms with E-state index in [2.05, 4.69) is 25.9 Å². The van der Waals surface area contributed by atoms with Crippen LogP contribution in [0.4, 0.5) is 0 Å². The van der Waals surface area contributed by atoms with Gasteiger partial charge in [0, 0.05) is 27.0 Å². The van der Waals surface area contributed by atoms with Crippen molar-refractivity contribution in [2.24, 2.45) is 0 Å². The SMILES string of the molecule is Clc1ccc(Br)c(-c2nc(Cl)c3c(n2)CCOC3)c1. The van der Waals surface area contributed by atoms with Gasteiger partial charge in [-0.2, -0.15) is 0 Å². The molecular formula is C13H9BrCl2N2O. The molecule has 3 nitrogen and oxygen atoms in total. The fourth-order valence-electron chi connectivity index (χ4n) is 1.98. The van der Waals surface area contributed by atoms with Crippen LogP contribution in [0.15, 0.2) is 22.7 Å². The summed E-state index contributed by atoms with van der Waals surface area (Å²) in [6.07, 6.45) is 0.753. The van der Waals surface area contributed by atoms with E-state index in [0.717, 1.165) is 27.7 Å². The van der Waals surface area contributed by atoms with E-state index >= 15 is 0 Å². The normalized spacial score (nSPS) is 14.3. The minimum atomic E-state index is 0.451. The number of benzene rings is 1. The summed E-state index contributed by atoms with van der Waals surface area (Å²) in [5.74, 6) is 0.583. The van der Waals surface area contributed by atoms with Gasteiger partial charge in [0.05, 0.1) is 18.9 Å². The molecule has 1 aromatic heterocycles. The van der Waals surface area contributed by atoms with Gasteiger partial charge in [-0.05, 0) is 18.2 Å². The average molecular weight is 360 g/mol. The van der Waals surface area contributed by atoms with E-state index in [9.17, 15) is 0 Å². The molecule has 1 aromatic carbocycles. The summed E-state index contributed by atoms with van der Waals surface area (Å²) in [7, 11) is 0. The van der Waals surface area contributed by atoms with E-state index in [1.807, 2.05) is 18.2 Å². The van der Waals surface area contributed by atoms with Gasteiger partial charge in [0.15, 0.2) is 5.82 Å². The highest BCUT2D eigenvalue weighted by Gasteiger charge is 2.18. The van der Waals surface area contributed by atoms with Gasteiger partial charge in [-0.3, -0.25) is 0 Å². The van der Waals surface area contributed by atoms with Crippen LogP contribution in [0, 0.1) is 0 Å². The molecule has 0 saturated heterocycles. The van der Waals surface area contributed by atoms with Gasteiger partial charge < -0.3 is 4.74 Å². The van der Waals surface area contributed by atoms with Crippen LogP contribution >= 0.6 is 39.1 Å². The van der Waals surface area contributed by atoms with Crippen molar-refractivity contribution in [2.75, 3.05) is 6.61 Å². The van der Waals surface area contributed by atoms with Crippen molar-refractivity contribution in [1.29, 1.82) is 0 Å². The zero-order valence-electron chi connectivity index (χ0n) is 9.79. The van der Waals surface area contributed by atoms with Gasteiger partial charge in [-0.1, -0.05) is 39.1 Å². The predicted molar refractivity (Wildman–Crippen MR) is 78.5 cm³/mol. The van der Waals surface area contributed by atoms with Gasteiger partial charge in [0.1, 0.15) is 5.15 Å². The number of rotatable bonds is 1. The van der Waals surface area contributed by atoms with E-state index in [1.54, 1.807) is 0 Å². The van der Waals surface area contributed by atoms with Gasteiger partial charge in [0.25, 0.3) is 0 Å². The van der Waals surface area contributed by atoms with Crippen molar-refractivity contribution in [2.45, 2.75) is 13.0 Å². The third-order valence-electron chi connectivity index (χ3n) is 2.94. The predicted octanol–water partition coefficient (Wildman–Crippen LogP) is 4.29. The monoisotopic (exact) mass is 358 g/mol. The molecule has 0 spiro atoms. The van der Waals surface area contributed by atoms with E-state index in [4.69, 9.17) is 27.9 Å². The van der Waals surface area contributed by atoms with Crippen LogP contribution < -0.4 is 0 Å². The minimum Gasteiger partial charge on any atom is -0.376 e. The Labute approximate surface area is 129 Å². The van der Waals surface area contributed by atoms with E-state index in [0.29, 0.717) is 29.2 Å². The highest BCUT2D eigenvalue weighted by atomic mass is 79.9. The molecule has 1 aliphatic heterocycles. The van der Waals surface area contributed by atoms with Crippen LogP contribution in [0.2, 0.25) is 10.2 Å². The summed E-state index contributed by atoms with van der Waals surface area (Å²) >= 11 is 15.7. The van der Waals surface area contributed by atoms with E-state index in [-0.39, 0.29) is 0 Å². The van der Waals surface area contributed by atoms with Crippen LogP contribution in [-0.2, 0) is 17.8 Å². The fraction of sp³-hybridized carbons (Fsp3) is 0.231. The molecule has 2 heterocycles. The zero-order chi connectivity index (χ0) is 13.4. The van der Waals surface area contributed by atoms with Crippen molar-refractivity contribution in [1.82, 2.24) is 9.97 Å². The summed E-state index contributed by atoms with van der Waals surface area (Å²) < 4.78 is 6.26. The number of hydrogen-bond donors (Lipinski definition) is 0. The van der Waals surface area contributed by atoms with Crippen LogP contribution in [0.25, 0.3) is 11.4 Å². The maximum Gasteiger partial charge on any atom is 0.162 e. The summed E-state index contributed by atoms with van der Waals surface area (Å²) in [6, 6.07) is 5.50. The molecule has 0 fully saturated rings. The van der Waals surface area contributed by atoms with Crippen molar-refractivity contribution in [3.8, 4) is 11.4 Å². The Bertz CT molecular complexity index is 649. The Morgan fingerprint density at radius 3 is 2.89 bits per heavy atom. The molecule has 0 bridgehead atoms. The number of nitrogens with zero attached hydrogens (tertiary/aromatic N) is 2. The van der Waals surface area contributed by atoms with Crippen molar-refractivity contribution >= 4 is 39.1 Å². The molecule has 0 saturated carbocycles. The summed E-state index contributed by atoms with van der Waals surface area (Å²) in [4.78, 5) is 8.93. The molecule has 0 N–H and O–H groups in total. The topological polar surface area (TPSA) is 35.0 Å². The molecule has 0 amide bonds. The quantitative estimate of drug-likeness (QED) is 0.712. The van der Waals surface area contributed by atoms with Crippen LogP contribution in [0.1, 0.15) is 11.3 Å². The van der Waals surface area contributed by atoms with E-state index < -0.39 is 0 Å². The number of ether oxygens (including phenoxy) is 1. The Morgan fingerprint density at radius 2 is 2.05 bits per heavy atom. The van der Waals surface area contributed by atoms with Crippen molar-refractivity contribution in [3.63, 3.8) is 0 Å². The minimum absolute atomic E-state index is 0.451. The first-order valence-electron chi connectivity index (χ1n) is 5.73. The number of hydrogen-bond acceptors (Lipinski definition) is 3. The van der Waals surface area contributed by atoms with Crippen molar-refractivity contribution < 1.29 is 4.74 Å². The van der Waals surface area contributed by atoms with Crippen LogP contribution in [0.3, 0.4) is 0 Å². The summed E-state index contributed by atoms with van der Waals surface area (Å²) in [6.45, 7) is 1.14. The highest BCUT2D eigenvalue weighted by molar-refractivity contribution is 9.10. The van der Waals surface area contributed by atoms with Crippen molar-refractivity contribution in [3.05, 3.63) is 44.1 Å². The van der Waals surface area contributed by atoms with Crippen LogP contribution in [-0.4, -0.2) is 16.6 Å². The highest BCUT2D eigenvalue weighted by Crippen LogP contribution is 2.31. The number of fused-ring (bicyclic) bond motifs is 1. The maximum absolute atomic E-state index is 6.21. The lowest BCUT2D eigenvalue weighted by atomic mass is 10.1. The van der Waals surface area contributed by atoms with Gasteiger partial charge in [-0.15, -0.1) is 0 Å². The Morgan fingerprint density at radius 1 is 1.21 bits per heavy atom. The molecule has 19 heavy (non-hydrogen) atoms. The second-order valence-corrected chi connectivity index (χ2v) is 5.84. The molecule has 2 aromatic rings. The van der Waals surface area contributed by atoms with Gasteiger partial charge in [0.2, 0.25) is 0 Å². The first-order valence-corrected chi connectivity index (χ1v) is 7.28. The summed E-state index contributed by atoms with van der Waals surface area (Å²) in [5, 5.41) is 1.09. The van der Waals surface area contributed by atoms with Gasteiger partial charge in [-0.25, -0.2) is 9.97 Å². The Kier molecular flexibility index (Phi) is 3.76. The van der Waals surface area contributed by atoms with Crippen LogP contribution in [0.5, 0.6) is 0 Å². The first-order chi connectivity index (χ1) is 9.15. The smallest absolute Gasteiger partial charge is 0.162 e. The van der Waals surface area contributed by atoms with Gasteiger partial charge >= 0.3 is 0 Å². The third-order valence-corrected chi connectivity index (χ3v) is 4.18. The molecule has 0 radical (unpaired) electrons. The first kappa shape index (κ1) is 13.3. The summed E-state index contributed by atoms with van der Waals surface area (Å²) in [5.41, 5.74) is 2.67. The molecule has 0 unspecified atom stereocenters. The lowest BCUT2D eigenvalue weighted by molar-refractivity contribution is 0.109. The lowest BCUT2D eigenvalue weighted by Crippen LogP contribution is -2.14. The second kappa shape index (κ2) is 5.37. The standard InChI is InChI=1S/C13H9BrCl2N2O/c14-10-2-1-7(15)5-8(10)13-17-11-3-4-19-6-9(11)12(16)18-13/h1-2,5H,3-4,6H2. The zero-order valence-corrected chi connectivity index (χ0v) is 12.9. The molecule has 98 valence electrons. The molecule has 1 aliphatic rings. The molecule has 3 rings (SSSR count). The molecule has 6 heteroatoms. The Balaban J connectivity index is 2.15. The molecular weight excluding hydrogens is 351 g/mol. The third kappa shape index (κ3) is 2.63. The second-order valence-electron chi connectivity index (χ2n) is 4.19. The Hall–Kier alpha value is -0.680. The molecule has 0 atom stereocenters. The average Bonchev–Trinajstić information content (AvgIpc) is 2.41. The van der Waals surface area contributed by atoms with E-state index in [1.165, 1.54) is 0 Å². The number of aromatic nitrogens is 2.